The molecular formula is C18H37N3O2. The molecule has 0 aromatic carbocycles. The summed E-state index contributed by atoms with van der Waals surface area (Å²) in [6, 6.07) is 0. The van der Waals surface area contributed by atoms with Crippen molar-refractivity contribution in [3.8, 4) is 0 Å². The van der Waals surface area contributed by atoms with E-state index in [0.29, 0.717) is 11.3 Å². The minimum atomic E-state index is 0.340. The van der Waals surface area contributed by atoms with Crippen LogP contribution in [0, 0.1) is 11.3 Å². The largest absolute Gasteiger partial charge is 0.385 e. The standard InChI is InChI=1S/C18H37N3O2/c1-5-19-17(20-11-13-23-14-16(2)3)21-15-18(10-12-22-4)8-6-7-9-18/h16H,5-15H2,1-4H3,(H2,19,20,21). The zero-order chi connectivity index (χ0) is 17.0. The summed E-state index contributed by atoms with van der Waals surface area (Å²) < 4.78 is 10.9. The van der Waals surface area contributed by atoms with Gasteiger partial charge in [-0.05, 0) is 37.5 Å². The molecule has 2 N–H and O–H groups in total. The summed E-state index contributed by atoms with van der Waals surface area (Å²) in [5.41, 5.74) is 0.340. The van der Waals surface area contributed by atoms with Crippen molar-refractivity contribution >= 4 is 5.96 Å². The molecule has 0 aliphatic heterocycles. The van der Waals surface area contributed by atoms with Gasteiger partial charge in [0, 0.05) is 40.0 Å². The first-order chi connectivity index (χ1) is 11.1. The molecule has 0 heterocycles. The average molecular weight is 328 g/mol. The van der Waals surface area contributed by atoms with E-state index in [9.17, 15) is 0 Å². The average Bonchev–Trinajstić information content (AvgIpc) is 2.99. The van der Waals surface area contributed by atoms with E-state index in [1.807, 2.05) is 0 Å². The second kappa shape index (κ2) is 11.7. The van der Waals surface area contributed by atoms with Gasteiger partial charge in [-0.25, -0.2) is 0 Å². The molecular weight excluding hydrogens is 290 g/mol. The van der Waals surface area contributed by atoms with Crippen LogP contribution in [0.2, 0.25) is 0 Å². The first-order valence-electron chi connectivity index (χ1n) is 9.21. The third kappa shape index (κ3) is 8.56. The van der Waals surface area contributed by atoms with Crippen molar-refractivity contribution < 1.29 is 9.47 Å². The lowest BCUT2D eigenvalue weighted by atomic mass is 9.83. The minimum absolute atomic E-state index is 0.340. The Balaban J connectivity index is 2.42. The van der Waals surface area contributed by atoms with E-state index in [2.05, 4.69) is 31.4 Å². The molecule has 0 aromatic heterocycles. The summed E-state index contributed by atoms with van der Waals surface area (Å²) in [6.45, 7) is 11.4. The highest BCUT2D eigenvalue weighted by atomic mass is 16.5. The fourth-order valence-corrected chi connectivity index (χ4v) is 3.08. The topological polar surface area (TPSA) is 54.9 Å². The third-order valence-electron chi connectivity index (χ3n) is 4.41. The van der Waals surface area contributed by atoms with Gasteiger partial charge in [0.25, 0.3) is 0 Å². The molecule has 0 atom stereocenters. The highest BCUT2D eigenvalue weighted by molar-refractivity contribution is 5.79. The van der Waals surface area contributed by atoms with Crippen LogP contribution in [0.4, 0.5) is 0 Å². The highest BCUT2D eigenvalue weighted by Gasteiger charge is 2.33. The van der Waals surface area contributed by atoms with Crippen molar-refractivity contribution in [2.45, 2.75) is 52.9 Å². The molecule has 1 aliphatic rings. The number of nitrogens with zero attached hydrogens (tertiary/aromatic N) is 1. The Morgan fingerprint density at radius 1 is 1.17 bits per heavy atom. The second-order valence-electron chi connectivity index (χ2n) is 7.04. The van der Waals surface area contributed by atoms with Crippen molar-refractivity contribution in [1.82, 2.24) is 10.6 Å². The van der Waals surface area contributed by atoms with Gasteiger partial charge in [0.05, 0.1) is 6.61 Å². The Bertz CT molecular complexity index is 326. The van der Waals surface area contributed by atoms with Crippen LogP contribution in [0.5, 0.6) is 0 Å². The Labute approximate surface area is 142 Å². The number of ether oxygens (including phenoxy) is 2. The predicted molar refractivity (Wildman–Crippen MR) is 97.0 cm³/mol. The predicted octanol–water partition coefficient (Wildman–Crippen LogP) is 2.81. The Kier molecular flexibility index (Phi) is 10.3. The van der Waals surface area contributed by atoms with Gasteiger partial charge in [0.1, 0.15) is 0 Å². The van der Waals surface area contributed by atoms with Crippen LogP contribution < -0.4 is 10.6 Å². The first-order valence-corrected chi connectivity index (χ1v) is 9.21. The van der Waals surface area contributed by atoms with Crippen molar-refractivity contribution in [3.63, 3.8) is 0 Å². The van der Waals surface area contributed by atoms with E-state index in [1.165, 1.54) is 25.7 Å². The number of guanidine groups is 1. The summed E-state index contributed by atoms with van der Waals surface area (Å²) in [7, 11) is 1.79. The van der Waals surface area contributed by atoms with Crippen LogP contribution in [0.15, 0.2) is 4.99 Å². The molecule has 0 aromatic rings. The van der Waals surface area contributed by atoms with E-state index in [0.717, 1.165) is 51.8 Å². The summed E-state index contributed by atoms with van der Waals surface area (Å²) in [5, 5.41) is 6.71. The molecule has 5 nitrogen and oxygen atoms in total. The van der Waals surface area contributed by atoms with Gasteiger partial charge in [0.2, 0.25) is 0 Å². The fraction of sp³-hybridized carbons (Fsp3) is 0.944. The molecule has 0 bridgehead atoms. The van der Waals surface area contributed by atoms with E-state index in [4.69, 9.17) is 14.5 Å². The van der Waals surface area contributed by atoms with Crippen molar-refractivity contribution in [2.24, 2.45) is 16.3 Å². The van der Waals surface area contributed by atoms with Crippen LogP contribution in [0.3, 0.4) is 0 Å². The van der Waals surface area contributed by atoms with E-state index >= 15 is 0 Å². The van der Waals surface area contributed by atoms with Crippen LogP contribution in [-0.4, -0.2) is 52.5 Å². The number of rotatable bonds is 11. The Morgan fingerprint density at radius 3 is 2.52 bits per heavy atom. The van der Waals surface area contributed by atoms with E-state index in [1.54, 1.807) is 7.11 Å². The second-order valence-corrected chi connectivity index (χ2v) is 7.04. The number of methoxy groups -OCH3 is 1. The van der Waals surface area contributed by atoms with Gasteiger partial charge in [-0.3, -0.25) is 4.99 Å². The fourth-order valence-electron chi connectivity index (χ4n) is 3.08. The molecule has 136 valence electrons. The lowest BCUT2D eigenvalue weighted by molar-refractivity contribution is 0.114. The highest BCUT2D eigenvalue weighted by Crippen LogP contribution is 2.41. The maximum atomic E-state index is 5.61. The van der Waals surface area contributed by atoms with Gasteiger partial charge in [-0.15, -0.1) is 0 Å². The number of hydrogen-bond donors (Lipinski definition) is 2. The van der Waals surface area contributed by atoms with Crippen molar-refractivity contribution in [1.29, 1.82) is 0 Å². The molecule has 1 fully saturated rings. The van der Waals surface area contributed by atoms with E-state index < -0.39 is 0 Å². The molecule has 0 unspecified atom stereocenters. The van der Waals surface area contributed by atoms with Crippen molar-refractivity contribution in [2.75, 3.05) is 46.6 Å². The summed E-state index contributed by atoms with van der Waals surface area (Å²) in [6.07, 6.45) is 6.32. The number of nitrogens with one attached hydrogen (secondary N) is 2. The summed E-state index contributed by atoms with van der Waals surface area (Å²) >= 11 is 0. The van der Waals surface area contributed by atoms with E-state index in [-0.39, 0.29) is 0 Å². The third-order valence-corrected chi connectivity index (χ3v) is 4.41. The molecule has 0 amide bonds. The zero-order valence-electron chi connectivity index (χ0n) is 15.6. The first kappa shape index (κ1) is 20.2. The van der Waals surface area contributed by atoms with Gasteiger partial charge in [-0.1, -0.05) is 26.7 Å². The lowest BCUT2D eigenvalue weighted by Crippen LogP contribution is -2.40. The smallest absolute Gasteiger partial charge is 0.191 e. The summed E-state index contributed by atoms with van der Waals surface area (Å²) in [4.78, 5) is 4.84. The molecule has 1 aliphatic carbocycles. The van der Waals surface area contributed by atoms with Gasteiger partial charge < -0.3 is 20.1 Å². The molecule has 0 radical (unpaired) electrons. The van der Waals surface area contributed by atoms with Crippen LogP contribution in [0.25, 0.3) is 0 Å². The molecule has 0 spiro atoms. The number of aliphatic imine (C=N–C) groups is 1. The Hall–Kier alpha value is -0.810. The Morgan fingerprint density at radius 2 is 1.91 bits per heavy atom. The van der Waals surface area contributed by atoms with Crippen molar-refractivity contribution in [3.05, 3.63) is 0 Å². The quantitative estimate of drug-likeness (QED) is 0.348. The monoisotopic (exact) mass is 327 g/mol. The SMILES string of the molecule is CCNC(=NCC1(CCOC)CCCC1)NCCOCC(C)C. The lowest BCUT2D eigenvalue weighted by Gasteiger charge is -2.27. The maximum Gasteiger partial charge on any atom is 0.191 e. The number of hydrogen-bond acceptors (Lipinski definition) is 3. The molecule has 5 heteroatoms. The van der Waals surface area contributed by atoms with Gasteiger partial charge >= 0.3 is 0 Å². The molecule has 23 heavy (non-hydrogen) atoms. The van der Waals surface area contributed by atoms with Crippen LogP contribution >= 0.6 is 0 Å². The minimum Gasteiger partial charge on any atom is -0.385 e. The molecule has 1 rings (SSSR count). The van der Waals surface area contributed by atoms with Gasteiger partial charge in [0.15, 0.2) is 5.96 Å². The summed E-state index contributed by atoms with van der Waals surface area (Å²) in [5.74, 6) is 1.49. The molecule has 1 saturated carbocycles. The zero-order valence-corrected chi connectivity index (χ0v) is 15.6. The molecule has 0 saturated heterocycles. The van der Waals surface area contributed by atoms with Crippen LogP contribution in [-0.2, 0) is 9.47 Å². The van der Waals surface area contributed by atoms with Gasteiger partial charge in [-0.2, -0.15) is 0 Å². The van der Waals surface area contributed by atoms with Crippen LogP contribution in [0.1, 0.15) is 52.9 Å². The maximum absolute atomic E-state index is 5.61. The normalized spacial score (nSPS) is 17.7.